The van der Waals surface area contributed by atoms with Crippen LogP contribution in [0.4, 0.5) is 4.39 Å². The van der Waals surface area contributed by atoms with Gasteiger partial charge < -0.3 is 10.2 Å². The van der Waals surface area contributed by atoms with Gasteiger partial charge in [0.15, 0.2) is 11.6 Å². The molecule has 8 atom stereocenters. The van der Waals surface area contributed by atoms with Gasteiger partial charge in [0.25, 0.3) is 0 Å². The van der Waals surface area contributed by atoms with Gasteiger partial charge in [-0.2, -0.15) is 0 Å². The van der Waals surface area contributed by atoms with E-state index in [4.69, 9.17) is 0 Å². The summed E-state index contributed by atoms with van der Waals surface area (Å²) in [7, 11) is 0. The lowest BCUT2D eigenvalue weighted by Gasteiger charge is -2.62. The third-order valence-electron chi connectivity index (χ3n) is 8.88. The molecule has 0 aliphatic heterocycles. The van der Waals surface area contributed by atoms with Crippen molar-refractivity contribution in [1.82, 2.24) is 0 Å². The van der Waals surface area contributed by atoms with Gasteiger partial charge >= 0.3 is 0 Å². The minimum Gasteiger partial charge on any atom is -0.390 e. The van der Waals surface area contributed by atoms with E-state index in [1.165, 1.54) is 0 Å². The van der Waals surface area contributed by atoms with Crippen LogP contribution in [0.1, 0.15) is 59.3 Å². The van der Waals surface area contributed by atoms with Crippen molar-refractivity contribution in [2.75, 3.05) is 6.61 Å². The molecule has 0 radical (unpaired) electrons. The lowest BCUT2D eigenvalue weighted by Crippen LogP contribution is -2.67. The molecular formula is C22H31FO4. The standard InChI is InChI=1S/C22H31FO4/c1-12-8-16-15-5-4-13-9-14(25)6-7-21(13,3)22(15,23)18(27)10-20(16,2)19(12)17(26)11-24/h9,12,15-16,18-19,24,27H,4-8,10-11H2,1-3H3/t12?,15-,16-,18-,19+,20-,21-,22-/m0/s1. The smallest absolute Gasteiger partial charge is 0.162 e. The molecule has 3 fully saturated rings. The number of hydrogen-bond acceptors (Lipinski definition) is 4. The highest BCUT2D eigenvalue weighted by Crippen LogP contribution is 2.70. The van der Waals surface area contributed by atoms with Crippen LogP contribution < -0.4 is 0 Å². The lowest BCUT2D eigenvalue weighted by molar-refractivity contribution is -0.208. The van der Waals surface area contributed by atoms with Crippen molar-refractivity contribution in [1.29, 1.82) is 0 Å². The van der Waals surface area contributed by atoms with E-state index in [0.29, 0.717) is 25.7 Å². The van der Waals surface area contributed by atoms with Crippen LogP contribution >= 0.6 is 0 Å². The Kier molecular flexibility index (Phi) is 4.25. The van der Waals surface area contributed by atoms with Crippen LogP contribution in [0.2, 0.25) is 0 Å². The third kappa shape index (κ3) is 2.27. The molecule has 0 aromatic rings. The quantitative estimate of drug-likeness (QED) is 0.775. The molecule has 0 spiro atoms. The van der Waals surface area contributed by atoms with E-state index in [1.807, 2.05) is 20.8 Å². The zero-order valence-corrected chi connectivity index (χ0v) is 16.5. The van der Waals surface area contributed by atoms with Gasteiger partial charge in [-0.25, -0.2) is 4.39 Å². The minimum atomic E-state index is -1.77. The number of aliphatic hydroxyl groups excluding tert-OH is 2. The molecule has 27 heavy (non-hydrogen) atoms. The second-order valence-electron chi connectivity index (χ2n) is 10.0. The Morgan fingerprint density at radius 1 is 1.30 bits per heavy atom. The second-order valence-corrected chi connectivity index (χ2v) is 10.0. The van der Waals surface area contributed by atoms with Gasteiger partial charge in [-0.3, -0.25) is 9.59 Å². The molecule has 1 unspecified atom stereocenters. The Morgan fingerprint density at radius 2 is 2.00 bits per heavy atom. The second kappa shape index (κ2) is 5.96. The van der Waals surface area contributed by atoms with Crippen LogP contribution in [0.3, 0.4) is 0 Å². The van der Waals surface area contributed by atoms with Crippen LogP contribution in [0, 0.1) is 34.5 Å². The fourth-order valence-electron chi connectivity index (χ4n) is 7.72. The van der Waals surface area contributed by atoms with Gasteiger partial charge in [-0.15, -0.1) is 0 Å². The predicted molar refractivity (Wildman–Crippen MR) is 98.6 cm³/mol. The van der Waals surface area contributed by atoms with Crippen molar-refractivity contribution < 1.29 is 24.2 Å². The molecule has 5 heteroatoms. The van der Waals surface area contributed by atoms with Gasteiger partial charge in [0.1, 0.15) is 12.3 Å². The molecule has 4 aliphatic carbocycles. The summed E-state index contributed by atoms with van der Waals surface area (Å²) >= 11 is 0. The normalized spacial score (nSPS) is 51.9. The molecule has 3 saturated carbocycles. The third-order valence-corrected chi connectivity index (χ3v) is 8.88. The number of Topliss-reactive ketones (excluding diaryl/α,β-unsaturated/α-hetero) is 1. The highest BCUT2D eigenvalue weighted by Gasteiger charge is 2.71. The van der Waals surface area contributed by atoms with Crippen molar-refractivity contribution >= 4 is 11.6 Å². The van der Waals surface area contributed by atoms with E-state index >= 15 is 4.39 Å². The summed E-state index contributed by atoms with van der Waals surface area (Å²) < 4.78 is 16.9. The highest BCUT2D eigenvalue weighted by molar-refractivity contribution is 5.91. The van der Waals surface area contributed by atoms with Gasteiger partial charge in [0.2, 0.25) is 0 Å². The monoisotopic (exact) mass is 378 g/mol. The Morgan fingerprint density at radius 3 is 2.67 bits per heavy atom. The molecule has 0 amide bonds. The molecule has 4 nitrogen and oxygen atoms in total. The maximum Gasteiger partial charge on any atom is 0.162 e. The number of carbonyl (C=O) groups is 2. The first kappa shape index (κ1) is 19.3. The number of ketones is 2. The van der Waals surface area contributed by atoms with Crippen molar-refractivity contribution in [2.45, 2.75) is 71.1 Å². The first-order valence-corrected chi connectivity index (χ1v) is 10.3. The fraction of sp³-hybridized carbons (Fsp3) is 0.818. The Bertz CT molecular complexity index is 717. The largest absolute Gasteiger partial charge is 0.390 e. The topological polar surface area (TPSA) is 74.6 Å². The summed E-state index contributed by atoms with van der Waals surface area (Å²) in [6, 6.07) is 0. The summed E-state index contributed by atoms with van der Waals surface area (Å²) in [6.07, 6.45) is 3.52. The number of hydrogen-bond donors (Lipinski definition) is 2. The van der Waals surface area contributed by atoms with E-state index in [-0.39, 0.29) is 41.7 Å². The maximum atomic E-state index is 16.9. The maximum absolute atomic E-state index is 16.9. The average molecular weight is 378 g/mol. The summed E-state index contributed by atoms with van der Waals surface area (Å²) in [5, 5.41) is 20.6. The lowest BCUT2D eigenvalue weighted by atomic mass is 9.44. The fourth-order valence-corrected chi connectivity index (χ4v) is 7.72. The summed E-state index contributed by atoms with van der Waals surface area (Å²) in [4.78, 5) is 24.4. The molecule has 0 saturated heterocycles. The number of aliphatic hydroxyl groups is 2. The molecule has 4 aliphatic rings. The molecule has 0 aromatic carbocycles. The van der Waals surface area contributed by atoms with E-state index in [0.717, 1.165) is 12.0 Å². The number of allylic oxidation sites excluding steroid dienone is 1. The zero-order valence-electron chi connectivity index (χ0n) is 16.5. The highest BCUT2D eigenvalue weighted by atomic mass is 19.1. The van der Waals surface area contributed by atoms with Gasteiger partial charge in [0, 0.05) is 23.7 Å². The Labute approximate surface area is 160 Å². The van der Waals surface area contributed by atoms with Gasteiger partial charge in [-0.05, 0) is 55.4 Å². The van der Waals surface area contributed by atoms with Crippen LogP contribution in [0.15, 0.2) is 11.6 Å². The Hall–Kier alpha value is -1.07. The van der Waals surface area contributed by atoms with Gasteiger partial charge in [0.05, 0.1) is 6.10 Å². The summed E-state index contributed by atoms with van der Waals surface area (Å²) in [5.74, 6) is -0.686. The van der Waals surface area contributed by atoms with Gasteiger partial charge in [-0.1, -0.05) is 26.3 Å². The van der Waals surface area contributed by atoms with Crippen molar-refractivity contribution in [3.05, 3.63) is 11.6 Å². The molecule has 150 valence electrons. The molecule has 4 rings (SSSR count). The first-order chi connectivity index (χ1) is 12.6. The molecule has 0 aromatic heterocycles. The van der Waals surface area contributed by atoms with Crippen LogP contribution in [0.5, 0.6) is 0 Å². The summed E-state index contributed by atoms with van der Waals surface area (Å²) in [5.41, 5.74) is -2.21. The number of rotatable bonds is 2. The SMILES string of the molecule is CC1C[C@H]2[C@@H]3CCC4=CC(=O)CC[C@]4(C)[C@@]3(F)[C@@H](O)C[C@]2(C)[C@H]1C(=O)CO. The summed E-state index contributed by atoms with van der Waals surface area (Å²) in [6.45, 7) is 5.42. The van der Waals surface area contributed by atoms with Crippen LogP contribution in [-0.4, -0.2) is 40.2 Å². The van der Waals surface area contributed by atoms with E-state index < -0.39 is 29.2 Å². The molecule has 2 N–H and O–H groups in total. The van der Waals surface area contributed by atoms with E-state index in [2.05, 4.69) is 0 Å². The molecular weight excluding hydrogens is 347 g/mol. The van der Waals surface area contributed by atoms with E-state index in [9.17, 15) is 19.8 Å². The minimum absolute atomic E-state index is 0.0115. The number of fused-ring (bicyclic) bond motifs is 5. The van der Waals surface area contributed by atoms with Crippen molar-refractivity contribution in [3.8, 4) is 0 Å². The van der Waals surface area contributed by atoms with Crippen LogP contribution in [0.25, 0.3) is 0 Å². The van der Waals surface area contributed by atoms with Crippen molar-refractivity contribution in [3.63, 3.8) is 0 Å². The Balaban J connectivity index is 1.79. The van der Waals surface area contributed by atoms with Crippen LogP contribution in [-0.2, 0) is 9.59 Å². The molecule has 0 bridgehead atoms. The zero-order chi connectivity index (χ0) is 19.8. The van der Waals surface area contributed by atoms with Crippen molar-refractivity contribution in [2.24, 2.45) is 34.5 Å². The number of carbonyl (C=O) groups excluding carboxylic acids is 2. The number of alkyl halides is 1. The number of halogens is 1. The molecule has 0 heterocycles. The average Bonchev–Trinajstić information content (AvgIpc) is 2.86. The predicted octanol–water partition coefficient (Wildman–Crippen LogP) is 3.00. The first-order valence-electron chi connectivity index (χ1n) is 10.3. The van der Waals surface area contributed by atoms with E-state index in [1.54, 1.807) is 6.08 Å².